The van der Waals surface area contributed by atoms with Gasteiger partial charge in [0.05, 0.1) is 13.2 Å². The van der Waals surface area contributed by atoms with Crippen LogP contribution in [0.15, 0.2) is 12.3 Å². The Kier molecular flexibility index (Phi) is 13.5. The minimum Gasteiger partial charge on any atom is -0.496 e. The molecule has 0 radical (unpaired) electrons. The van der Waals surface area contributed by atoms with Gasteiger partial charge in [-0.1, -0.05) is 46.6 Å². The summed E-state index contributed by atoms with van der Waals surface area (Å²) in [4.78, 5) is 0. The van der Waals surface area contributed by atoms with Crippen molar-refractivity contribution in [2.24, 2.45) is 0 Å². The van der Waals surface area contributed by atoms with Crippen LogP contribution in [0.25, 0.3) is 0 Å². The number of rotatable bonds is 14. The Hall–Kier alpha value is -0.540. The molecule has 0 spiro atoms. The zero-order valence-corrected chi connectivity index (χ0v) is 13.1. The molecule has 0 N–H and O–H groups in total. The van der Waals surface area contributed by atoms with Crippen LogP contribution in [0.1, 0.15) is 59.3 Å². The van der Waals surface area contributed by atoms with E-state index in [1.165, 1.54) is 0 Å². The SMILES string of the molecule is C=C(OCCCC)C(COCCCC)OCCCC. The van der Waals surface area contributed by atoms with Crippen LogP contribution < -0.4 is 0 Å². The van der Waals surface area contributed by atoms with Gasteiger partial charge in [0.15, 0.2) is 0 Å². The van der Waals surface area contributed by atoms with Crippen LogP contribution in [0, 0.1) is 0 Å². The fraction of sp³-hybridized carbons (Fsp3) is 0.875. The van der Waals surface area contributed by atoms with Crippen LogP contribution in [0.3, 0.4) is 0 Å². The van der Waals surface area contributed by atoms with Crippen LogP contribution in [-0.4, -0.2) is 32.5 Å². The first kappa shape index (κ1) is 18.5. The highest BCUT2D eigenvalue weighted by molar-refractivity contribution is 4.93. The van der Waals surface area contributed by atoms with E-state index in [1.807, 2.05) is 0 Å². The molecule has 0 amide bonds. The van der Waals surface area contributed by atoms with E-state index in [0.717, 1.165) is 58.3 Å². The molecule has 0 aromatic heterocycles. The molecule has 114 valence electrons. The van der Waals surface area contributed by atoms with Gasteiger partial charge in [0.2, 0.25) is 0 Å². The smallest absolute Gasteiger partial charge is 0.137 e. The van der Waals surface area contributed by atoms with Gasteiger partial charge in [-0.05, 0) is 19.3 Å². The Morgan fingerprint density at radius 1 is 0.895 bits per heavy atom. The highest BCUT2D eigenvalue weighted by Crippen LogP contribution is 2.10. The summed E-state index contributed by atoms with van der Waals surface area (Å²) >= 11 is 0. The average Bonchev–Trinajstić information content (AvgIpc) is 2.41. The van der Waals surface area contributed by atoms with Crippen molar-refractivity contribution in [1.82, 2.24) is 0 Å². The molecule has 0 saturated carbocycles. The average molecular weight is 272 g/mol. The second-order valence-electron chi connectivity index (χ2n) is 4.81. The predicted molar refractivity (Wildman–Crippen MR) is 80.4 cm³/mol. The van der Waals surface area contributed by atoms with Crippen molar-refractivity contribution in [3.05, 3.63) is 12.3 Å². The van der Waals surface area contributed by atoms with Crippen molar-refractivity contribution in [2.75, 3.05) is 26.4 Å². The van der Waals surface area contributed by atoms with Crippen molar-refractivity contribution in [1.29, 1.82) is 0 Å². The maximum Gasteiger partial charge on any atom is 0.137 e. The normalized spacial score (nSPS) is 12.4. The van der Waals surface area contributed by atoms with Gasteiger partial charge in [0.25, 0.3) is 0 Å². The molecule has 19 heavy (non-hydrogen) atoms. The Morgan fingerprint density at radius 2 is 1.47 bits per heavy atom. The number of ether oxygens (including phenoxy) is 3. The summed E-state index contributed by atoms with van der Waals surface area (Å²) in [5.74, 6) is 0.709. The minimum atomic E-state index is -0.125. The molecule has 3 nitrogen and oxygen atoms in total. The molecule has 3 heteroatoms. The Balaban J connectivity index is 3.96. The fourth-order valence-electron chi connectivity index (χ4n) is 1.48. The highest BCUT2D eigenvalue weighted by atomic mass is 16.6. The first-order valence-electron chi connectivity index (χ1n) is 7.77. The van der Waals surface area contributed by atoms with Crippen molar-refractivity contribution in [3.8, 4) is 0 Å². The molecule has 0 aromatic rings. The van der Waals surface area contributed by atoms with Crippen LogP contribution >= 0.6 is 0 Å². The number of hydrogen-bond donors (Lipinski definition) is 0. The molecule has 0 aliphatic heterocycles. The zero-order chi connectivity index (χ0) is 14.3. The Bertz CT molecular complexity index is 204. The van der Waals surface area contributed by atoms with Crippen LogP contribution in [-0.2, 0) is 14.2 Å². The molecule has 0 saturated heterocycles. The van der Waals surface area contributed by atoms with Gasteiger partial charge >= 0.3 is 0 Å². The second kappa shape index (κ2) is 13.9. The molecule has 0 aliphatic carbocycles. The number of hydrogen-bond acceptors (Lipinski definition) is 3. The van der Waals surface area contributed by atoms with E-state index in [9.17, 15) is 0 Å². The summed E-state index contributed by atoms with van der Waals surface area (Å²) in [6.45, 7) is 13.2. The van der Waals surface area contributed by atoms with Gasteiger partial charge in [0, 0.05) is 13.2 Å². The quantitative estimate of drug-likeness (QED) is 0.348. The van der Waals surface area contributed by atoms with Crippen molar-refractivity contribution in [3.63, 3.8) is 0 Å². The lowest BCUT2D eigenvalue weighted by molar-refractivity contribution is -0.0276. The summed E-state index contributed by atoms with van der Waals surface area (Å²) in [6.07, 6.45) is 6.49. The lowest BCUT2D eigenvalue weighted by Crippen LogP contribution is -2.24. The Labute approximate surface area is 119 Å². The second-order valence-corrected chi connectivity index (χ2v) is 4.81. The molecular formula is C16H32O3. The van der Waals surface area contributed by atoms with Crippen LogP contribution in [0.2, 0.25) is 0 Å². The zero-order valence-electron chi connectivity index (χ0n) is 13.1. The maximum absolute atomic E-state index is 5.81. The first-order chi connectivity index (χ1) is 9.26. The Morgan fingerprint density at radius 3 is 2.11 bits per heavy atom. The third kappa shape index (κ3) is 11.0. The first-order valence-corrected chi connectivity index (χ1v) is 7.77. The van der Waals surface area contributed by atoms with E-state index >= 15 is 0 Å². The summed E-state index contributed by atoms with van der Waals surface area (Å²) in [7, 11) is 0. The summed E-state index contributed by atoms with van der Waals surface area (Å²) in [6, 6.07) is 0. The molecule has 0 heterocycles. The lowest BCUT2D eigenvalue weighted by Gasteiger charge is -2.20. The van der Waals surface area contributed by atoms with E-state index in [-0.39, 0.29) is 6.10 Å². The van der Waals surface area contributed by atoms with E-state index in [0.29, 0.717) is 12.4 Å². The third-order valence-electron chi connectivity index (χ3n) is 2.87. The van der Waals surface area contributed by atoms with Crippen LogP contribution in [0.5, 0.6) is 0 Å². The maximum atomic E-state index is 5.81. The van der Waals surface area contributed by atoms with Gasteiger partial charge in [-0.2, -0.15) is 0 Å². The molecule has 0 bridgehead atoms. The summed E-state index contributed by atoms with van der Waals surface area (Å²) in [5.41, 5.74) is 0. The standard InChI is InChI=1S/C16H32O3/c1-5-8-11-17-14-16(19-13-10-7-3)15(4)18-12-9-6-2/h16H,4-14H2,1-3H3. The largest absolute Gasteiger partial charge is 0.496 e. The third-order valence-corrected chi connectivity index (χ3v) is 2.87. The van der Waals surface area contributed by atoms with Gasteiger partial charge in [-0.25, -0.2) is 0 Å². The molecule has 0 fully saturated rings. The van der Waals surface area contributed by atoms with Gasteiger partial charge in [-0.3, -0.25) is 0 Å². The van der Waals surface area contributed by atoms with Crippen molar-refractivity contribution in [2.45, 2.75) is 65.4 Å². The topological polar surface area (TPSA) is 27.7 Å². The van der Waals surface area contributed by atoms with Gasteiger partial charge in [0.1, 0.15) is 11.9 Å². The van der Waals surface area contributed by atoms with E-state index in [1.54, 1.807) is 0 Å². The van der Waals surface area contributed by atoms with Crippen molar-refractivity contribution >= 4 is 0 Å². The van der Waals surface area contributed by atoms with E-state index in [4.69, 9.17) is 14.2 Å². The summed E-state index contributed by atoms with van der Waals surface area (Å²) in [5, 5.41) is 0. The molecule has 0 aliphatic rings. The van der Waals surface area contributed by atoms with E-state index < -0.39 is 0 Å². The van der Waals surface area contributed by atoms with Crippen LogP contribution in [0.4, 0.5) is 0 Å². The predicted octanol–water partition coefficient (Wildman–Crippen LogP) is 4.32. The molecule has 0 aromatic carbocycles. The molecule has 1 unspecified atom stereocenters. The van der Waals surface area contributed by atoms with E-state index in [2.05, 4.69) is 27.4 Å². The molecular weight excluding hydrogens is 240 g/mol. The van der Waals surface area contributed by atoms with Gasteiger partial charge < -0.3 is 14.2 Å². The minimum absolute atomic E-state index is 0.125. The lowest BCUT2D eigenvalue weighted by atomic mass is 10.3. The summed E-state index contributed by atoms with van der Waals surface area (Å²) < 4.78 is 17.1. The monoisotopic (exact) mass is 272 g/mol. The fourth-order valence-corrected chi connectivity index (χ4v) is 1.48. The van der Waals surface area contributed by atoms with Crippen molar-refractivity contribution < 1.29 is 14.2 Å². The van der Waals surface area contributed by atoms with Gasteiger partial charge in [-0.15, -0.1) is 0 Å². The highest BCUT2D eigenvalue weighted by Gasteiger charge is 2.14. The molecule has 0 rings (SSSR count). The number of unbranched alkanes of at least 4 members (excludes halogenated alkanes) is 3. The molecule has 1 atom stereocenters.